The van der Waals surface area contributed by atoms with E-state index in [-0.39, 0.29) is 23.7 Å². The minimum absolute atomic E-state index is 0.00304. The second-order valence-corrected chi connectivity index (χ2v) is 10.1. The van der Waals surface area contributed by atoms with Crippen LogP contribution in [0, 0.1) is 5.41 Å². The fourth-order valence-electron chi connectivity index (χ4n) is 4.11. The summed E-state index contributed by atoms with van der Waals surface area (Å²) in [4.78, 5) is 31.2. The highest BCUT2D eigenvalue weighted by Gasteiger charge is 2.36. The van der Waals surface area contributed by atoms with Crippen LogP contribution < -0.4 is 9.47 Å². The van der Waals surface area contributed by atoms with Crippen molar-refractivity contribution in [3.63, 3.8) is 0 Å². The molecule has 1 fully saturated rings. The lowest BCUT2D eigenvalue weighted by Crippen LogP contribution is -2.35. The number of hydrogen-bond acceptors (Lipinski definition) is 7. The summed E-state index contributed by atoms with van der Waals surface area (Å²) >= 11 is 7.09. The number of benzene rings is 2. The summed E-state index contributed by atoms with van der Waals surface area (Å²) in [5, 5.41) is 15.8. The van der Waals surface area contributed by atoms with Gasteiger partial charge in [0, 0.05) is 18.1 Å². The third-order valence-corrected chi connectivity index (χ3v) is 7.22. The van der Waals surface area contributed by atoms with Crippen LogP contribution in [0.2, 0.25) is 5.02 Å². The molecule has 190 valence electrons. The standard InChI is InChI=1S/C26H24ClN5O4S/c1-35-21-13-17(6-9-20(21)36-15-16-4-7-18(27)8-5-16)12-19-24(28)32-26(29-25(19)34)37-22(30-32)14-23(33)31-10-2-3-11-31/h4-9,12-13,28H,2-3,10-11,14-15H2,1H3/b19-12-,28-24?. The maximum Gasteiger partial charge on any atom is 0.283 e. The van der Waals surface area contributed by atoms with Gasteiger partial charge < -0.3 is 14.4 Å². The molecule has 0 atom stereocenters. The molecule has 0 aliphatic carbocycles. The minimum atomic E-state index is -0.534. The van der Waals surface area contributed by atoms with Gasteiger partial charge >= 0.3 is 0 Å². The van der Waals surface area contributed by atoms with Crippen LogP contribution in [0.4, 0.5) is 0 Å². The molecule has 3 heterocycles. The molecule has 9 nitrogen and oxygen atoms in total. The van der Waals surface area contributed by atoms with E-state index in [2.05, 4.69) is 10.1 Å². The molecule has 2 aromatic rings. The molecule has 3 aliphatic rings. The number of nitrogens with one attached hydrogen (secondary N) is 1. The number of ether oxygens (including phenoxy) is 2. The van der Waals surface area contributed by atoms with E-state index in [1.807, 2.05) is 17.0 Å². The Balaban J connectivity index is 1.30. The number of hydrogen-bond donors (Lipinski definition) is 1. The third kappa shape index (κ3) is 5.55. The van der Waals surface area contributed by atoms with Crippen molar-refractivity contribution in [3.8, 4) is 11.5 Å². The average Bonchev–Trinajstić information content (AvgIpc) is 3.57. The fourth-order valence-corrected chi connectivity index (χ4v) is 5.11. The SMILES string of the molecule is COc1cc(/C=C2/C(=N)N3N=C(CC(=O)N4CCCC4)SC3=NC2=O)ccc1OCc1ccc(Cl)cc1. The molecule has 0 spiro atoms. The number of rotatable bonds is 7. The van der Waals surface area contributed by atoms with E-state index in [0.29, 0.717) is 38.9 Å². The number of halogens is 1. The van der Waals surface area contributed by atoms with Gasteiger partial charge in [0.1, 0.15) is 11.7 Å². The van der Waals surface area contributed by atoms with Crippen molar-refractivity contribution >= 4 is 57.3 Å². The Kier molecular flexibility index (Phi) is 7.29. The molecular weight excluding hydrogens is 514 g/mol. The number of nitrogens with zero attached hydrogens (tertiary/aromatic N) is 4. The van der Waals surface area contributed by atoms with Gasteiger partial charge in [0.15, 0.2) is 17.3 Å². The van der Waals surface area contributed by atoms with Gasteiger partial charge in [-0.25, -0.2) is 0 Å². The largest absolute Gasteiger partial charge is 0.493 e. The number of hydrazone groups is 1. The van der Waals surface area contributed by atoms with Crippen LogP contribution in [0.15, 0.2) is 58.1 Å². The Bertz CT molecular complexity index is 1350. The van der Waals surface area contributed by atoms with Crippen molar-refractivity contribution in [3.05, 3.63) is 64.2 Å². The predicted molar refractivity (Wildman–Crippen MR) is 144 cm³/mol. The van der Waals surface area contributed by atoms with Crippen molar-refractivity contribution < 1.29 is 19.1 Å². The number of aliphatic imine (C=N–C) groups is 1. The van der Waals surface area contributed by atoms with E-state index in [1.165, 1.54) is 12.1 Å². The molecule has 2 aromatic carbocycles. The Labute approximate surface area is 223 Å². The molecule has 5 rings (SSSR count). The molecule has 0 aromatic heterocycles. The van der Waals surface area contributed by atoms with Crippen LogP contribution in [0.25, 0.3) is 6.08 Å². The number of fused-ring (bicyclic) bond motifs is 1. The summed E-state index contributed by atoms with van der Waals surface area (Å²) in [6.07, 6.45) is 3.73. The molecule has 11 heteroatoms. The summed E-state index contributed by atoms with van der Waals surface area (Å²) in [7, 11) is 1.53. The second kappa shape index (κ2) is 10.8. The maximum atomic E-state index is 12.8. The Morgan fingerprint density at radius 2 is 1.92 bits per heavy atom. The molecule has 1 N–H and O–H groups in total. The average molecular weight is 538 g/mol. The summed E-state index contributed by atoms with van der Waals surface area (Å²) in [5.74, 6) is 0.405. The highest BCUT2D eigenvalue weighted by Crippen LogP contribution is 2.32. The number of carbonyl (C=O) groups is 2. The highest BCUT2D eigenvalue weighted by molar-refractivity contribution is 8.27. The zero-order valence-electron chi connectivity index (χ0n) is 20.1. The normalized spacial score (nSPS) is 18.2. The zero-order valence-corrected chi connectivity index (χ0v) is 21.6. The lowest BCUT2D eigenvalue weighted by atomic mass is 10.1. The van der Waals surface area contributed by atoms with E-state index in [1.54, 1.807) is 36.4 Å². The van der Waals surface area contributed by atoms with Crippen LogP contribution in [-0.2, 0) is 16.2 Å². The molecule has 0 radical (unpaired) electrons. The number of amidine groups is 2. The van der Waals surface area contributed by atoms with Crippen molar-refractivity contribution in [2.45, 2.75) is 25.9 Å². The lowest BCUT2D eigenvalue weighted by molar-refractivity contribution is -0.128. The van der Waals surface area contributed by atoms with Crippen molar-refractivity contribution in [2.75, 3.05) is 20.2 Å². The lowest BCUT2D eigenvalue weighted by Gasteiger charge is -2.20. The first-order chi connectivity index (χ1) is 17.9. The first-order valence-corrected chi connectivity index (χ1v) is 12.9. The van der Waals surface area contributed by atoms with Crippen LogP contribution in [-0.4, -0.2) is 58.0 Å². The minimum Gasteiger partial charge on any atom is -0.493 e. The molecule has 2 amide bonds. The molecule has 0 unspecified atom stereocenters. The van der Waals surface area contributed by atoms with Crippen LogP contribution in [0.1, 0.15) is 30.4 Å². The van der Waals surface area contributed by atoms with Gasteiger partial charge in [0.05, 0.1) is 19.1 Å². The van der Waals surface area contributed by atoms with Gasteiger partial charge in [-0.05, 0) is 66.1 Å². The Morgan fingerprint density at radius 3 is 2.65 bits per heavy atom. The molecule has 0 saturated carbocycles. The van der Waals surface area contributed by atoms with Gasteiger partial charge in [0.25, 0.3) is 5.91 Å². The zero-order chi connectivity index (χ0) is 25.9. The van der Waals surface area contributed by atoms with E-state index in [9.17, 15) is 9.59 Å². The predicted octanol–water partition coefficient (Wildman–Crippen LogP) is 4.56. The first kappa shape index (κ1) is 25.0. The van der Waals surface area contributed by atoms with E-state index >= 15 is 0 Å². The summed E-state index contributed by atoms with van der Waals surface area (Å²) in [6, 6.07) is 12.6. The highest BCUT2D eigenvalue weighted by atomic mass is 35.5. The van der Waals surface area contributed by atoms with Crippen LogP contribution in [0.5, 0.6) is 11.5 Å². The van der Waals surface area contributed by atoms with Crippen LogP contribution in [0.3, 0.4) is 0 Å². The number of thioether (sulfide) groups is 1. The quantitative estimate of drug-likeness (QED) is 0.519. The van der Waals surface area contributed by atoms with Crippen molar-refractivity contribution in [1.82, 2.24) is 9.91 Å². The number of carbonyl (C=O) groups excluding carboxylic acids is 2. The van der Waals surface area contributed by atoms with Gasteiger partial charge in [-0.3, -0.25) is 15.0 Å². The monoisotopic (exact) mass is 537 g/mol. The van der Waals surface area contributed by atoms with E-state index in [0.717, 1.165) is 43.3 Å². The maximum absolute atomic E-state index is 12.8. The van der Waals surface area contributed by atoms with E-state index < -0.39 is 5.91 Å². The number of likely N-dealkylation sites (tertiary alicyclic amines) is 1. The van der Waals surface area contributed by atoms with Gasteiger partial charge in [-0.2, -0.15) is 15.1 Å². The Hall–Kier alpha value is -3.63. The van der Waals surface area contributed by atoms with Gasteiger partial charge in [0.2, 0.25) is 11.1 Å². The molecular formula is C26H24ClN5O4S. The second-order valence-electron chi connectivity index (χ2n) is 8.60. The number of amides is 2. The summed E-state index contributed by atoms with van der Waals surface area (Å²) < 4.78 is 11.4. The van der Waals surface area contributed by atoms with E-state index in [4.69, 9.17) is 26.5 Å². The fraction of sp³-hybridized carbons (Fsp3) is 0.269. The third-order valence-electron chi connectivity index (χ3n) is 6.06. The van der Waals surface area contributed by atoms with Gasteiger partial charge in [-0.15, -0.1) is 0 Å². The topological polar surface area (TPSA) is 108 Å². The Morgan fingerprint density at radius 1 is 1.16 bits per heavy atom. The molecule has 37 heavy (non-hydrogen) atoms. The van der Waals surface area contributed by atoms with Crippen molar-refractivity contribution in [2.24, 2.45) is 10.1 Å². The summed E-state index contributed by atoms with van der Waals surface area (Å²) in [5.41, 5.74) is 1.69. The number of methoxy groups -OCH3 is 1. The van der Waals surface area contributed by atoms with Crippen LogP contribution >= 0.6 is 23.4 Å². The molecule has 3 aliphatic heterocycles. The van der Waals surface area contributed by atoms with Crippen molar-refractivity contribution in [1.29, 1.82) is 5.41 Å². The molecule has 1 saturated heterocycles. The first-order valence-electron chi connectivity index (χ1n) is 11.7. The smallest absolute Gasteiger partial charge is 0.283 e. The van der Waals surface area contributed by atoms with Gasteiger partial charge in [-0.1, -0.05) is 29.8 Å². The summed E-state index contributed by atoms with van der Waals surface area (Å²) in [6.45, 7) is 1.86. The molecule has 0 bridgehead atoms.